The molecule has 0 saturated carbocycles. The van der Waals surface area contributed by atoms with Crippen molar-refractivity contribution in [2.45, 2.75) is 87.8 Å². The van der Waals surface area contributed by atoms with Crippen molar-refractivity contribution < 1.29 is 36.6 Å². The molecule has 356 valence electrons. The summed E-state index contributed by atoms with van der Waals surface area (Å²) in [6, 6.07) is 3.30. The highest BCUT2D eigenvalue weighted by atomic mass is 32.2. The van der Waals surface area contributed by atoms with Crippen molar-refractivity contribution in [2.75, 3.05) is 26.3 Å². The van der Waals surface area contributed by atoms with Gasteiger partial charge < -0.3 is 39.1 Å². The van der Waals surface area contributed by atoms with E-state index in [9.17, 15) is 46.2 Å². The third-order valence-electron chi connectivity index (χ3n) is 12.9. The number of amides is 2. The summed E-state index contributed by atoms with van der Waals surface area (Å²) in [5.41, 5.74) is 1.35. The first-order valence-electron chi connectivity index (χ1n) is 22.0. The van der Waals surface area contributed by atoms with Crippen LogP contribution in [0.5, 0.6) is 0 Å². The van der Waals surface area contributed by atoms with Crippen LogP contribution in [0.1, 0.15) is 75.1 Å². The monoisotopic (exact) mass is 950 g/mol. The van der Waals surface area contributed by atoms with Gasteiger partial charge in [0.1, 0.15) is 0 Å². The second-order valence-electron chi connectivity index (χ2n) is 17.0. The lowest BCUT2D eigenvalue weighted by molar-refractivity contribution is -0.128. The molecule has 2 saturated heterocycles. The van der Waals surface area contributed by atoms with Gasteiger partial charge >= 0.3 is 0 Å². The second-order valence-corrected chi connectivity index (χ2v) is 20.6. The zero-order chi connectivity index (χ0) is 47.8. The van der Waals surface area contributed by atoms with Gasteiger partial charge in [-0.05, 0) is 51.0 Å². The molecule has 4 aromatic rings. The average Bonchev–Trinajstić information content (AvgIpc) is 4.06. The fourth-order valence-corrected chi connectivity index (χ4v) is 13.6. The van der Waals surface area contributed by atoms with Crippen molar-refractivity contribution in [2.24, 2.45) is 37.8 Å². The highest BCUT2D eigenvalue weighted by molar-refractivity contribution is 7.89. The number of rotatable bonds is 14. The number of carbonyl (C=O) groups is 2. The Balaban J connectivity index is 0.000000196. The first kappa shape index (κ1) is 48.4. The van der Waals surface area contributed by atoms with E-state index in [1.54, 1.807) is 71.8 Å². The van der Waals surface area contributed by atoms with E-state index in [4.69, 9.17) is 0 Å². The number of nitrogens with zero attached hydrogens (tertiary/aromatic N) is 8. The average molecular weight is 951 g/mol. The van der Waals surface area contributed by atoms with Crippen LogP contribution >= 0.6 is 0 Å². The fourth-order valence-electron chi connectivity index (χ4n) is 10.0. The molecule has 8 rings (SSSR count). The number of imidazole rings is 2. The molecule has 4 aliphatic heterocycles. The Labute approximate surface area is 383 Å². The number of pyridine rings is 2. The number of hydrogen-bond acceptors (Lipinski definition) is 12. The Kier molecular flexibility index (Phi) is 14.2. The molecule has 8 atom stereocenters. The number of allylic oxidation sites excluding steroid dienone is 2. The largest absolute Gasteiger partial charge is 0.396 e. The zero-order valence-corrected chi connectivity index (χ0v) is 39.4. The van der Waals surface area contributed by atoms with Crippen LogP contribution in [0.4, 0.5) is 0 Å². The molecule has 2 amide bonds. The van der Waals surface area contributed by atoms with Crippen LogP contribution in [-0.2, 0) is 56.8 Å². The summed E-state index contributed by atoms with van der Waals surface area (Å²) in [7, 11) is -4.86. The van der Waals surface area contributed by atoms with E-state index in [0.29, 0.717) is 35.6 Å². The molecule has 4 aromatic heterocycles. The summed E-state index contributed by atoms with van der Waals surface area (Å²) in [5.74, 6) is -3.69. The molecule has 2 fully saturated rings. The van der Waals surface area contributed by atoms with Gasteiger partial charge in [0.2, 0.25) is 11.8 Å². The third-order valence-corrected chi connectivity index (χ3v) is 16.5. The van der Waals surface area contributed by atoms with Gasteiger partial charge in [0.15, 0.2) is 10.1 Å². The van der Waals surface area contributed by atoms with E-state index >= 15 is 0 Å². The van der Waals surface area contributed by atoms with E-state index in [1.165, 1.54) is 42.8 Å². The number of sulfonamides is 2. The number of aliphatic hydroxyl groups is 2. The maximum absolute atomic E-state index is 13.7. The smallest absolute Gasteiger partial charge is 0.263 e. The van der Waals surface area contributed by atoms with Gasteiger partial charge in [0, 0.05) is 112 Å². The molecule has 20 nitrogen and oxygen atoms in total. The lowest BCUT2D eigenvalue weighted by Crippen LogP contribution is -2.49. The van der Waals surface area contributed by atoms with E-state index in [0.717, 1.165) is 12.8 Å². The molecular weight excluding hydrogens is 893 g/mol. The first-order chi connectivity index (χ1) is 31.5. The number of carbonyl (C=O) groups excluding carboxylic acids is 2. The normalized spacial score (nSPS) is 24.8. The van der Waals surface area contributed by atoms with Crippen LogP contribution in [0.2, 0.25) is 0 Å². The molecule has 0 unspecified atom stereocenters. The van der Waals surface area contributed by atoms with E-state index in [1.807, 2.05) is 27.7 Å². The van der Waals surface area contributed by atoms with E-state index in [-0.39, 0.29) is 59.3 Å². The van der Waals surface area contributed by atoms with Crippen LogP contribution in [0, 0.1) is 23.7 Å². The summed E-state index contributed by atoms with van der Waals surface area (Å²) in [5, 5.41) is 26.0. The van der Waals surface area contributed by atoms with Gasteiger partial charge in [-0.1, -0.05) is 38.2 Å². The number of fused-ring (bicyclic) bond motifs is 8. The highest BCUT2D eigenvalue weighted by Crippen LogP contribution is 2.52. The van der Waals surface area contributed by atoms with Crippen LogP contribution in [0.15, 0.2) is 81.1 Å². The molecule has 22 heteroatoms. The van der Waals surface area contributed by atoms with Crippen molar-refractivity contribution in [3.63, 3.8) is 0 Å². The minimum atomic E-state index is -4.10. The van der Waals surface area contributed by atoms with Gasteiger partial charge in [-0.2, -0.15) is 8.61 Å². The Morgan fingerprint density at radius 1 is 0.682 bits per heavy atom. The lowest BCUT2D eigenvalue weighted by atomic mass is 9.86. The Bertz CT molecular complexity index is 2690. The van der Waals surface area contributed by atoms with Gasteiger partial charge in [-0.3, -0.25) is 19.2 Å². The van der Waals surface area contributed by atoms with Gasteiger partial charge in [0.25, 0.3) is 31.2 Å². The topological polar surface area (TPSA) is 253 Å². The summed E-state index contributed by atoms with van der Waals surface area (Å²) < 4.78 is 63.6. The molecule has 0 spiro atoms. The van der Waals surface area contributed by atoms with Gasteiger partial charge in [-0.25, -0.2) is 26.8 Å². The standard InChI is InChI=1S/2C22H29N5O5S/c2*1-4-6-14-7-8-16-20-19(21(29)23-9-5-2)15(12-28)17(10-26(16)22(14)30)27(20)33(31,32)18-11-25(3)13-24-18/h2*4,6-8,11,13,15,17,19-20,28H,5,9-10,12H2,1-3H3,(H,23,29)/b6-4+;6-4-/t2*15-,17-,19+,20+/m00/s1. The Hall–Kier alpha value is -5.52. The molecule has 0 aliphatic carbocycles. The van der Waals surface area contributed by atoms with Gasteiger partial charge in [0.05, 0.1) is 36.6 Å². The predicted octanol–water partition coefficient (Wildman–Crippen LogP) is 0.987. The predicted molar refractivity (Wildman–Crippen MR) is 243 cm³/mol. The first-order valence-corrected chi connectivity index (χ1v) is 24.9. The number of aryl methyl sites for hydroxylation is 2. The summed E-state index contributed by atoms with van der Waals surface area (Å²) in [4.78, 5) is 60.9. The quantitative estimate of drug-likeness (QED) is 0.138. The lowest BCUT2D eigenvalue weighted by Gasteiger charge is -2.36. The maximum Gasteiger partial charge on any atom is 0.263 e. The minimum absolute atomic E-state index is 0.0465. The summed E-state index contributed by atoms with van der Waals surface area (Å²) in [6.45, 7) is 7.66. The number of aromatic nitrogens is 6. The minimum Gasteiger partial charge on any atom is -0.396 e. The number of hydrogen-bond donors (Lipinski definition) is 4. The van der Waals surface area contributed by atoms with E-state index in [2.05, 4.69) is 20.6 Å². The molecule has 8 heterocycles. The maximum atomic E-state index is 13.7. The van der Waals surface area contributed by atoms with Crippen LogP contribution in [-0.4, -0.2) is 114 Å². The SMILES string of the molecule is C/C=C/c1ccc2n(c1=O)C[C@H]1[C@H](CO)[C@@H](C(=O)NCCC)[C@@H]2N1S(=O)(=O)c1cn(C)cn1.C/C=C\c1ccc2n(c1=O)C[C@H]1[C@H](CO)[C@@H](C(=O)NCCC)[C@@H]2N1S(=O)(=O)c1cn(C)cn1. The number of nitrogens with one attached hydrogen (secondary N) is 2. The summed E-state index contributed by atoms with van der Waals surface area (Å²) >= 11 is 0. The second kappa shape index (κ2) is 19.4. The molecule has 4 aliphatic rings. The van der Waals surface area contributed by atoms with Crippen molar-refractivity contribution in [3.05, 3.63) is 105 Å². The van der Waals surface area contributed by atoms with Crippen LogP contribution < -0.4 is 21.8 Å². The third kappa shape index (κ3) is 8.31. The van der Waals surface area contributed by atoms with Crippen molar-refractivity contribution in [1.82, 2.24) is 47.5 Å². The van der Waals surface area contributed by atoms with Crippen molar-refractivity contribution >= 4 is 44.0 Å². The number of aliphatic hydroxyl groups excluding tert-OH is 2. The molecule has 0 radical (unpaired) electrons. The summed E-state index contributed by atoms with van der Waals surface area (Å²) in [6.07, 6.45) is 14.0. The van der Waals surface area contributed by atoms with Crippen molar-refractivity contribution in [1.29, 1.82) is 0 Å². The van der Waals surface area contributed by atoms with Crippen LogP contribution in [0.25, 0.3) is 12.2 Å². The Morgan fingerprint density at radius 2 is 1.06 bits per heavy atom. The molecule has 4 N–H and O–H groups in total. The van der Waals surface area contributed by atoms with Gasteiger partial charge in [-0.15, -0.1) is 0 Å². The van der Waals surface area contributed by atoms with Crippen molar-refractivity contribution in [3.8, 4) is 0 Å². The highest BCUT2D eigenvalue weighted by Gasteiger charge is 2.61. The van der Waals surface area contributed by atoms with Crippen LogP contribution in [0.3, 0.4) is 0 Å². The molecule has 0 aromatic carbocycles. The molecular formula is C44H58N10O10S2. The zero-order valence-electron chi connectivity index (χ0n) is 37.8. The fraction of sp³-hybridized carbons (Fsp3) is 0.500. The molecule has 4 bridgehead atoms. The van der Waals surface area contributed by atoms with E-state index < -0.39 is 67.9 Å². The Morgan fingerprint density at radius 3 is 1.36 bits per heavy atom. The molecule has 66 heavy (non-hydrogen) atoms.